The first-order chi connectivity index (χ1) is 6.66. The second kappa shape index (κ2) is 3.71. The molecule has 0 spiro atoms. The molecule has 0 aromatic heterocycles. The highest BCUT2D eigenvalue weighted by Gasteiger charge is 2.32. The van der Waals surface area contributed by atoms with E-state index in [4.69, 9.17) is 9.47 Å². The minimum Gasteiger partial charge on any atom is -0.348 e. The molecule has 1 unspecified atom stereocenters. The zero-order chi connectivity index (χ0) is 10.0. The van der Waals surface area contributed by atoms with Gasteiger partial charge in [-0.05, 0) is 19.4 Å². The van der Waals surface area contributed by atoms with Crippen molar-refractivity contribution in [1.82, 2.24) is 0 Å². The molecule has 0 aliphatic carbocycles. The molecule has 1 atom stereocenters. The SMILES string of the molecule is CC1(C)OCC(Cc2ccccc2)O1. The van der Waals surface area contributed by atoms with Crippen LogP contribution < -0.4 is 0 Å². The van der Waals surface area contributed by atoms with Gasteiger partial charge in [0.2, 0.25) is 0 Å². The fourth-order valence-corrected chi connectivity index (χ4v) is 1.74. The molecule has 0 N–H and O–H groups in total. The maximum absolute atomic E-state index is 5.73. The van der Waals surface area contributed by atoms with Crippen molar-refractivity contribution in [2.75, 3.05) is 6.61 Å². The molecule has 0 bridgehead atoms. The molecule has 0 saturated carbocycles. The third-order valence-electron chi connectivity index (χ3n) is 2.37. The van der Waals surface area contributed by atoms with E-state index in [-0.39, 0.29) is 6.10 Å². The van der Waals surface area contributed by atoms with Gasteiger partial charge in [0.25, 0.3) is 0 Å². The van der Waals surface area contributed by atoms with E-state index < -0.39 is 5.79 Å². The van der Waals surface area contributed by atoms with E-state index in [0.717, 1.165) is 6.42 Å². The van der Waals surface area contributed by atoms with Gasteiger partial charge in [0, 0.05) is 6.42 Å². The van der Waals surface area contributed by atoms with Crippen molar-refractivity contribution in [1.29, 1.82) is 0 Å². The fraction of sp³-hybridized carbons (Fsp3) is 0.500. The van der Waals surface area contributed by atoms with Gasteiger partial charge in [-0.3, -0.25) is 0 Å². The summed E-state index contributed by atoms with van der Waals surface area (Å²) in [6, 6.07) is 10.4. The topological polar surface area (TPSA) is 18.5 Å². The Morgan fingerprint density at radius 2 is 2.00 bits per heavy atom. The van der Waals surface area contributed by atoms with E-state index in [1.54, 1.807) is 0 Å². The monoisotopic (exact) mass is 192 g/mol. The highest BCUT2D eigenvalue weighted by molar-refractivity contribution is 5.15. The van der Waals surface area contributed by atoms with Crippen LogP contribution >= 0.6 is 0 Å². The van der Waals surface area contributed by atoms with Crippen molar-refractivity contribution in [3.63, 3.8) is 0 Å². The zero-order valence-electron chi connectivity index (χ0n) is 8.69. The Labute approximate surface area is 84.8 Å². The van der Waals surface area contributed by atoms with Gasteiger partial charge in [-0.25, -0.2) is 0 Å². The van der Waals surface area contributed by atoms with Crippen LogP contribution in [0.2, 0.25) is 0 Å². The lowest BCUT2D eigenvalue weighted by Gasteiger charge is -2.16. The first kappa shape index (κ1) is 9.69. The van der Waals surface area contributed by atoms with Crippen LogP contribution in [0.25, 0.3) is 0 Å². The predicted molar refractivity (Wildman–Crippen MR) is 55.1 cm³/mol. The Hall–Kier alpha value is -0.860. The average molecular weight is 192 g/mol. The van der Waals surface area contributed by atoms with Crippen molar-refractivity contribution in [2.24, 2.45) is 0 Å². The highest BCUT2D eigenvalue weighted by atomic mass is 16.7. The summed E-state index contributed by atoms with van der Waals surface area (Å²) >= 11 is 0. The van der Waals surface area contributed by atoms with E-state index in [0.29, 0.717) is 6.61 Å². The lowest BCUT2D eigenvalue weighted by atomic mass is 10.1. The molecule has 1 aliphatic rings. The highest BCUT2D eigenvalue weighted by Crippen LogP contribution is 2.24. The summed E-state index contributed by atoms with van der Waals surface area (Å²) in [4.78, 5) is 0. The van der Waals surface area contributed by atoms with Crippen LogP contribution in [0.1, 0.15) is 19.4 Å². The van der Waals surface area contributed by atoms with E-state index in [1.165, 1.54) is 5.56 Å². The molecule has 1 aromatic rings. The molecule has 2 heteroatoms. The summed E-state index contributed by atoms with van der Waals surface area (Å²) in [7, 11) is 0. The Morgan fingerprint density at radius 3 is 2.57 bits per heavy atom. The first-order valence-corrected chi connectivity index (χ1v) is 5.01. The number of benzene rings is 1. The molecular weight excluding hydrogens is 176 g/mol. The van der Waals surface area contributed by atoms with Crippen LogP contribution in [0, 0.1) is 0 Å². The molecule has 1 aromatic carbocycles. The average Bonchev–Trinajstić information content (AvgIpc) is 2.47. The first-order valence-electron chi connectivity index (χ1n) is 5.01. The van der Waals surface area contributed by atoms with Crippen molar-refractivity contribution in [3.8, 4) is 0 Å². The summed E-state index contributed by atoms with van der Waals surface area (Å²) in [6.45, 7) is 4.61. The van der Waals surface area contributed by atoms with Gasteiger partial charge in [-0.2, -0.15) is 0 Å². The van der Waals surface area contributed by atoms with Crippen molar-refractivity contribution < 1.29 is 9.47 Å². The van der Waals surface area contributed by atoms with E-state index in [2.05, 4.69) is 24.3 Å². The van der Waals surface area contributed by atoms with Gasteiger partial charge >= 0.3 is 0 Å². The molecule has 2 nitrogen and oxygen atoms in total. The van der Waals surface area contributed by atoms with E-state index in [1.807, 2.05) is 19.9 Å². The largest absolute Gasteiger partial charge is 0.348 e. The molecule has 1 fully saturated rings. The Morgan fingerprint density at radius 1 is 1.29 bits per heavy atom. The van der Waals surface area contributed by atoms with Gasteiger partial charge in [0.1, 0.15) is 0 Å². The number of ether oxygens (including phenoxy) is 2. The van der Waals surface area contributed by atoms with Gasteiger partial charge in [-0.1, -0.05) is 30.3 Å². The van der Waals surface area contributed by atoms with Crippen molar-refractivity contribution in [3.05, 3.63) is 35.9 Å². The van der Waals surface area contributed by atoms with E-state index in [9.17, 15) is 0 Å². The zero-order valence-corrected chi connectivity index (χ0v) is 8.69. The summed E-state index contributed by atoms with van der Waals surface area (Å²) < 4.78 is 11.2. The number of hydrogen-bond donors (Lipinski definition) is 0. The number of hydrogen-bond acceptors (Lipinski definition) is 2. The minimum absolute atomic E-state index is 0.201. The van der Waals surface area contributed by atoms with Crippen LogP contribution in [0.15, 0.2) is 30.3 Å². The smallest absolute Gasteiger partial charge is 0.163 e. The molecule has 76 valence electrons. The third-order valence-corrected chi connectivity index (χ3v) is 2.37. The Kier molecular flexibility index (Phi) is 2.57. The minimum atomic E-state index is -0.403. The van der Waals surface area contributed by atoms with Crippen LogP contribution in [-0.4, -0.2) is 18.5 Å². The Bertz CT molecular complexity index is 292. The van der Waals surface area contributed by atoms with Gasteiger partial charge in [-0.15, -0.1) is 0 Å². The second-order valence-corrected chi connectivity index (χ2v) is 4.14. The number of rotatable bonds is 2. The predicted octanol–water partition coefficient (Wildman–Crippen LogP) is 2.38. The van der Waals surface area contributed by atoms with Crippen LogP contribution in [0.4, 0.5) is 0 Å². The van der Waals surface area contributed by atoms with Crippen LogP contribution in [0.3, 0.4) is 0 Å². The summed E-state index contributed by atoms with van der Waals surface area (Å²) in [5.41, 5.74) is 1.30. The van der Waals surface area contributed by atoms with Crippen LogP contribution in [-0.2, 0) is 15.9 Å². The summed E-state index contributed by atoms with van der Waals surface area (Å²) in [6.07, 6.45) is 1.14. The quantitative estimate of drug-likeness (QED) is 0.716. The molecule has 0 radical (unpaired) electrons. The third kappa shape index (κ3) is 2.34. The summed E-state index contributed by atoms with van der Waals surface area (Å²) in [5, 5.41) is 0. The molecule has 0 amide bonds. The lowest BCUT2D eigenvalue weighted by Crippen LogP contribution is -2.22. The van der Waals surface area contributed by atoms with Gasteiger partial charge in [0.15, 0.2) is 5.79 Å². The molecule has 14 heavy (non-hydrogen) atoms. The normalized spacial score (nSPS) is 25.1. The lowest BCUT2D eigenvalue weighted by molar-refractivity contribution is -0.138. The maximum Gasteiger partial charge on any atom is 0.163 e. The molecule has 1 saturated heterocycles. The van der Waals surface area contributed by atoms with Crippen LogP contribution in [0.5, 0.6) is 0 Å². The van der Waals surface area contributed by atoms with Crippen molar-refractivity contribution in [2.45, 2.75) is 32.2 Å². The molecule has 1 heterocycles. The molecule has 2 rings (SSSR count). The molecular formula is C12H16O2. The summed E-state index contributed by atoms with van der Waals surface area (Å²) in [5.74, 6) is -0.403. The van der Waals surface area contributed by atoms with Crippen molar-refractivity contribution >= 4 is 0 Å². The van der Waals surface area contributed by atoms with Gasteiger partial charge < -0.3 is 9.47 Å². The Balaban J connectivity index is 1.94. The molecule has 1 aliphatic heterocycles. The van der Waals surface area contributed by atoms with E-state index >= 15 is 0 Å². The second-order valence-electron chi connectivity index (χ2n) is 4.14. The standard InChI is InChI=1S/C12H16O2/c1-12(2)13-9-11(14-12)8-10-6-4-3-5-7-10/h3-7,11H,8-9H2,1-2H3. The van der Waals surface area contributed by atoms with Gasteiger partial charge in [0.05, 0.1) is 12.7 Å². The fourth-order valence-electron chi connectivity index (χ4n) is 1.74. The maximum atomic E-state index is 5.73.